The highest BCUT2D eigenvalue weighted by atomic mass is 32.2. The Balaban J connectivity index is 2.08. The highest BCUT2D eigenvalue weighted by Gasteiger charge is 2.30. The Morgan fingerprint density at radius 3 is 2.52 bits per heavy atom. The van der Waals surface area contributed by atoms with Crippen LogP contribution in [-0.4, -0.2) is 59.1 Å². The molecule has 27 heavy (non-hydrogen) atoms. The summed E-state index contributed by atoms with van der Waals surface area (Å²) in [6.07, 6.45) is 1.86. The van der Waals surface area contributed by atoms with E-state index in [4.69, 9.17) is 14.2 Å². The summed E-state index contributed by atoms with van der Waals surface area (Å²) in [7, 11) is -3.68. The zero-order valence-electron chi connectivity index (χ0n) is 16.2. The van der Waals surface area contributed by atoms with E-state index in [-0.39, 0.29) is 12.0 Å². The lowest BCUT2D eigenvalue weighted by molar-refractivity contribution is -0.121. The highest BCUT2D eigenvalue weighted by Crippen LogP contribution is 2.35. The van der Waals surface area contributed by atoms with Crippen LogP contribution in [0.5, 0.6) is 11.5 Å². The average molecular weight is 400 g/mol. The summed E-state index contributed by atoms with van der Waals surface area (Å²) >= 11 is 0. The van der Waals surface area contributed by atoms with Crippen molar-refractivity contribution in [2.24, 2.45) is 0 Å². The van der Waals surface area contributed by atoms with Crippen LogP contribution in [0.4, 0.5) is 5.69 Å². The molecule has 1 aromatic carbocycles. The van der Waals surface area contributed by atoms with E-state index in [0.29, 0.717) is 50.0 Å². The minimum atomic E-state index is -3.68. The van der Waals surface area contributed by atoms with Crippen LogP contribution in [-0.2, 0) is 19.6 Å². The normalized spacial score (nSPS) is 14.7. The summed E-state index contributed by atoms with van der Waals surface area (Å²) in [5.74, 6) is 0.645. The molecule has 152 valence electrons. The van der Waals surface area contributed by atoms with E-state index >= 15 is 0 Å². The van der Waals surface area contributed by atoms with Crippen LogP contribution in [0.15, 0.2) is 18.2 Å². The number of anilines is 1. The van der Waals surface area contributed by atoms with Gasteiger partial charge in [0.15, 0.2) is 11.5 Å². The van der Waals surface area contributed by atoms with Gasteiger partial charge in [0, 0.05) is 19.2 Å². The fourth-order valence-corrected chi connectivity index (χ4v) is 3.90. The van der Waals surface area contributed by atoms with Crippen LogP contribution in [0.2, 0.25) is 0 Å². The third kappa shape index (κ3) is 6.00. The van der Waals surface area contributed by atoms with Gasteiger partial charge in [-0.25, -0.2) is 8.42 Å². The molecule has 0 unspecified atom stereocenters. The average Bonchev–Trinajstić information content (AvgIpc) is 2.59. The Morgan fingerprint density at radius 1 is 1.22 bits per heavy atom. The van der Waals surface area contributed by atoms with Crippen molar-refractivity contribution < 1.29 is 27.4 Å². The molecule has 0 fully saturated rings. The maximum atomic E-state index is 12.5. The fourth-order valence-electron chi connectivity index (χ4n) is 2.73. The quantitative estimate of drug-likeness (QED) is 0.632. The van der Waals surface area contributed by atoms with Gasteiger partial charge >= 0.3 is 0 Å². The van der Waals surface area contributed by atoms with Crippen molar-refractivity contribution in [1.82, 2.24) is 5.32 Å². The number of sulfonamides is 1. The lowest BCUT2D eigenvalue weighted by Crippen LogP contribution is -2.48. The van der Waals surface area contributed by atoms with E-state index < -0.39 is 16.1 Å². The van der Waals surface area contributed by atoms with E-state index in [1.54, 1.807) is 25.1 Å². The number of nitrogens with zero attached hydrogens (tertiary/aromatic N) is 1. The largest absolute Gasteiger partial charge is 0.486 e. The molecule has 1 heterocycles. The molecule has 1 atom stereocenters. The summed E-state index contributed by atoms with van der Waals surface area (Å²) in [5.41, 5.74) is 0.354. The van der Waals surface area contributed by atoms with Crippen LogP contribution in [0.1, 0.15) is 27.2 Å². The van der Waals surface area contributed by atoms with Crippen LogP contribution in [0, 0.1) is 0 Å². The van der Waals surface area contributed by atoms with Gasteiger partial charge < -0.3 is 19.5 Å². The van der Waals surface area contributed by atoms with Crippen LogP contribution in [0.25, 0.3) is 0 Å². The third-order valence-electron chi connectivity index (χ3n) is 3.94. The molecule has 0 bridgehead atoms. The second-order valence-corrected chi connectivity index (χ2v) is 8.49. The number of carbonyl (C=O) groups is 1. The molecule has 0 saturated heterocycles. The molecule has 1 aliphatic heterocycles. The Labute approximate surface area is 160 Å². The number of ether oxygens (including phenoxy) is 3. The van der Waals surface area contributed by atoms with Gasteiger partial charge in [0.1, 0.15) is 19.3 Å². The predicted octanol–water partition coefficient (Wildman–Crippen LogP) is 1.54. The topological polar surface area (TPSA) is 94.2 Å². The summed E-state index contributed by atoms with van der Waals surface area (Å²) in [5, 5.41) is 2.76. The van der Waals surface area contributed by atoms with Gasteiger partial charge in [-0.15, -0.1) is 0 Å². The van der Waals surface area contributed by atoms with E-state index in [2.05, 4.69) is 5.32 Å². The molecule has 1 aliphatic rings. The van der Waals surface area contributed by atoms with Gasteiger partial charge in [-0.05, 0) is 39.3 Å². The first-order chi connectivity index (χ1) is 12.7. The highest BCUT2D eigenvalue weighted by molar-refractivity contribution is 7.92. The van der Waals surface area contributed by atoms with Crippen molar-refractivity contribution in [2.75, 3.05) is 36.9 Å². The van der Waals surface area contributed by atoms with E-state index in [0.717, 1.165) is 10.6 Å². The number of rotatable bonds is 9. The van der Waals surface area contributed by atoms with Gasteiger partial charge in [-0.2, -0.15) is 0 Å². The second-order valence-electron chi connectivity index (χ2n) is 6.63. The van der Waals surface area contributed by atoms with Crippen LogP contribution >= 0.6 is 0 Å². The SMILES string of the molecule is CC(C)OCCCNC(=O)[C@H](C)N(c1ccc2c(c1)OCCO2)S(C)(=O)=O. The molecule has 0 radical (unpaired) electrons. The molecule has 0 aromatic heterocycles. The zero-order chi connectivity index (χ0) is 20.0. The summed E-state index contributed by atoms with van der Waals surface area (Å²) in [6.45, 7) is 7.22. The summed E-state index contributed by atoms with van der Waals surface area (Å²) in [4.78, 5) is 12.5. The van der Waals surface area contributed by atoms with Gasteiger partial charge in [-0.3, -0.25) is 9.10 Å². The molecule has 9 heteroatoms. The standard InChI is InChI=1S/C18H28N2O6S/c1-13(2)24-9-5-8-19-18(21)14(3)20(27(4,22)23)15-6-7-16-17(12-15)26-11-10-25-16/h6-7,12-14H,5,8-11H2,1-4H3,(H,19,21)/t14-/m0/s1. The summed E-state index contributed by atoms with van der Waals surface area (Å²) in [6, 6.07) is 3.93. The number of hydrogen-bond acceptors (Lipinski definition) is 6. The molecule has 0 aliphatic carbocycles. The number of hydrogen-bond donors (Lipinski definition) is 1. The van der Waals surface area contributed by atoms with Crippen molar-refractivity contribution in [1.29, 1.82) is 0 Å². The Kier molecular flexibility index (Phi) is 7.32. The number of amides is 1. The van der Waals surface area contributed by atoms with Crippen molar-refractivity contribution in [3.63, 3.8) is 0 Å². The predicted molar refractivity (Wildman–Crippen MR) is 103 cm³/mol. The maximum Gasteiger partial charge on any atom is 0.243 e. The van der Waals surface area contributed by atoms with Crippen LogP contribution in [0.3, 0.4) is 0 Å². The van der Waals surface area contributed by atoms with Gasteiger partial charge in [0.2, 0.25) is 15.9 Å². The summed E-state index contributed by atoms with van der Waals surface area (Å²) < 4.78 is 42.2. The molecule has 1 amide bonds. The van der Waals surface area contributed by atoms with Crippen molar-refractivity contribution >= 4 is 21.6 Å². The number of nitrogens with one attached hydrogen (secondary N) is 1. The van der Waals surface area contributed by atoms with Crippen molar-refractivity contribution in [2.45, 2.75) is 39.3 Å². The lowest BCUT2D eigenvalue weighted by atomic mass is 10.2. The first-order valence-electron chi connectivity index (χ1n) is 8.98. The monoisotopic (exact) mass is 400 g/mol. The van der Waals surface area contributed by atoms with Gasteiger partial charge in [0.05, 0.1) is 18.0 Å². The Morgan fingerprint density at radius 2 is 1.89 bits per heavy atom. The Hall–Kier alpha value is -2.00. The first kappa shape index (κ1) is 21.3. The zero-order valence-corrected chi connectivity index (χ0v) is 17.0. The second kappa shape index (κ2) is 9.27. The molecule has 1 aromatic rings. The van der Waals surface area contributed by atoms with Crippen molar-refractivity contribution in [3.05, 3.63) is 18.2 Å². The van der Waals surface area contributed by atoms with Gasteiger partial charge in [0.25, 0.3) is 0 Å². The van der Waals surface area contributed by atoms with E-state index in [1.165, 1.54) is 0 Å². The molecular weight excluding hydrogens is 372 g/mol. The minimum absolute atomic E-state index is 0.135. The van der Waals surface area contributed by atoms with Gasteiger partial charge in [-0.1, -0.05) is 0 Å². The first-order valence-corrected chi connectivity index (χ1v) is 10.8. The lowest BCUT2D eigenvalue weighted by Gasteiger charge is -2.29. The molecule has 1 N–H and O–H groups in total. The van der Waals surface area contributed by atoms with Crippen LogP contribution < -0.4 is 19.1 Å². The molecule has 0 saturated carbocycles. The Bertz CT molecular complexity index is 750. The van der Waals surface area contributed by atoms with Crippen molar-refractivity contribution in [3.8, 4) is 11.5 Å². The molecule has 0 spiro atoms. The maximum absolute atomic E-state index is 12.5. The van der Waals surface area contributed by atoms with E-state index in [1.807, 2.05) is 13.8 Å². The third-order valence-corrected chi connectivity index (χ3v) is 5.18. The molecular formula is C18H28N2O6S. The smallest absolute Gasteiger partial charge is 0.243 e. The number of fused-ring (bicyclic) bond motifs is 1. The molecule has 8 nitrogen and oxygen atoms in total. The van der Waals surface area contributed by atoms with E-state index in [9.17, 15) is 13.2 Å². The minimum Gasteiger partial charge on any atom is -0.486 e. The number of carbonyl (C=O) groups excluding carboxylic acids is 1. The fraction of sp³-hybridized carbons (Fsp3) is 0.611. The number of benzene rings is 1. The molecule has 2 rings (SSSR count).